The molecule has 28 heavy (non-hydrogen) atoms. The van der Waals surface area contributed by atoms with E-state index in [0.717, 1.165) is 43.4 Å². The molecule has 5 nitrogen and oxygen atoms in total. The number of aromatic nitrogens is 2. The van der Waals surface area contributed by atoms with Gasteiger partial charge in [-0.3, -0.25) is 4.90 Å². The van der Waals surface area contributed by atoms with Gasteiger partial charge in [-0.15, -0.1) is 11.3 Å². The largest absolute Gasteiger partial charge is 0.373 e. The zero-order valence-electron chi connectivity index (χ0n) is 15.9. The highest BCUT2D eigenvalue weighted by Gasteiger charge is 2.41. The summed E-state index contributed by atoms with van der Waals surface area (Å²) in [5.41, 5.74) is 2.88. The first kappa shape index (κ1) is 16.9. The van der Waals surface area contributed by atoms with Crippen molar-refractivity contribution in [1.29, 1.82) is 0 Å². The number of aryl methyl sites for hydroxylation is 2. The summed E-state index contributed by atoms with van der Waals surface area (Å²) >= 11 is 1.87. The summed E-state index contributed by atoms with van der Waals surface area (Å²) in [6.07, 6.45) is 5.65. The smallest absolute Gasteiger partial charge is 0.141 e. The lowest BCUT2D eigenvalue weighted by molar-refractivity contribution is -0.0499. The Hall–Kier alpha value is -2.02. The first-order valence-electron chi connectivity index (χ1n) is 10.3. The van der Waals surface area contributed by atoms with Gasteiger partial charge in [0.05, 0.1) is 24.1 Å². The Morgan fingerprint density at radius 1 is 1.11 bits per heavy atom. The van der Waals surface area contributed by atoms with Crippen LogP contribution in [0.4, 0.5) is 5.82 Å². The van der Waals surface area contributed by atoms with Gasteiger partial charge in [0.15, 0.2) is 0 Å². The predicted molar refractivity (Wildman–Crippen MR) is 112 cm³/mol. The van der Waals surface area contributed by atoms with E-state index in [1.807, 2.05) is 11.3 Å². The molecule has 2 aromatic heterocycles. The maximum Gasteiger partial charge on any atom is 0.141 e. The first-order chi connectivity index (χ1) is 13.9. The van der Waals surface area contributed by atoms with Crippen molar-refractivity contribution < 1.29 is 4.74 Å². The summed E-state index contributed by atoms with van der Waals surface area (Å²) < 4.78 is 6.18. The van der Waals surface area contributed by atoms with Crippen LogP contribution in [0.15, 0.2) is 36.7 Å². The van der Waals surface area contributed by atoms with Crippen LogP contribution in [0.1, 0.15) is 22.4 Å². The Morgan fingerprint density at radius 2 is 2.04 bits per heavy atom. The second kappa shape index (κ2) is 6.79. The van der Waals surface area contributed by atoms with Gasteiger partial charge >= 0.3 is 0 Å². The van der Waals surface area contributed by atoms with Crippen molar-refractivity contribution in [2.75, 3.05) is 31.1 Å². The second-order valence-corrected chi connectivity index (χ2v) is 9.16. The van der Waals surface area contributed by atoms with Gasteiger partial charge in [-0.2, -0.15) is 0 Å². The highest BCUT2D eigenvalue weighted by molar-refractivity contribution is 7.19. The molecular weight excluding hydrogens is 368 g/mol. The molecule has 0 saturated carbocycles. The molecule has 0 amide bonds. The number of rotatable bonds is 3. The molecule has 0 N–H and O–H groups in total. The van der Waals surface area contributed by atoms with Crippen molar-refractivity contribution in [3.63, 3.8) is 0 Å². The average molecular weight is 393 g/mol. The van der Waals surface area contributed by atoms with Crippen LogP contribution in [-0.2, 0) is 24.1 Å². The molecule has 144 valence electrons. The van der Waals surface area contributed by atoms with Crippen LogP contribution in [0.2, 0.25) is 0 Å². The molecule has 0 radical (unpaired) electrons. The van der Waals surface area contributed by atoms with Crippen molar-refractivity contribution in [2.24, 2.45) is 0 Å². The van der Waals surface area contributed by atoms with Crippen molar-refractivity contribution in [3.05, 3.63) is 52.7 Å². The van der Waals surface area contributed by atoms with Gasteiger partial charge in [0.2, 0.25) is 0 Å². The Kier molecular flexibility index (Phi) is 4.10. The molecular formula is C22H24N4OS. The number of hydrogen-bond donors (Lipinski definition) is 0. The molecule has 1 aliphatic carbocycles. The van der Waals surface area contributed by atoms with Crippen LogP contribution in [0.5, 0.6) is 0 Å². The van der Waals surface area contributed by atoms with E-state index >= 15 is 0 Å². The van der Waals surface area contributed by atoms with Gasteiger partial charge in [-0.05, 0) is 30.4 Å². The van der Waals surface area contributed by atoms with Crippen molar-refractivity contribution in [1.82, 2.24) is 14.9 Å². The van der Waals surface area contributed by atoms with E-state index in [1.54, 1.807) is 6.33 Å². The van der Waals surface area contributed by atoms with E-state index in [1.165, 1.54) is 40.7 Å². The fraction of sp³-hybridized carbons (Fsp3) is 0.455. The molecule has 3 aliphatic rings. The third-order valence-electron chi connectivity index (χ3n) is 6.43. The maximum atomic E-state index is 6.18. The first-order valence-corrected chi connectivity index (χ1v) is 11.1. The van der Waals surface area contributed by atoms with Crippen LogP contribution in [0.25, 0.3) is 10.2 Å². The zero-order chi connectivity index (χ0) is 18.5. The number of benzene rings is 1. The Balaban J connectivity index is 1.30. The van der Waals surface area contributed by atoms with Crippen molar-refractivity contribution >= 4 is 27.4 Å². The average Bonchev–Trinajstić information content (AvgIpc) is 3.43. The standard InChI is InChI=1S/C22H24N4OS/c1-2-5-15(6-3-1)11-25-9-10-27-18-13-26(12-17(18)25)21-20-16-7-4-8-19(16)28-22(20)24-14-23-21/h1-3,5-6,14,17-18H,4,7-13H2. The minimum absolute atomic E-state index is 0.258. The Morgan fingerprint density at radius 3 is 2.96 bits per heavy atom. The van der Waals surface area contributed by atoms with Crippen LogP contribution < -0.4 is 4.90 Å². The van der Waals surface area contributed by atoms with Gasteiger partial charge in [0, 0.05) is 31.1 Å². The fourth-order valence-corrected chi connectivity index (χ4v) is 6.32. The normalized spacial score (nSPS) is 24.6. The van der Waals surface area contributed by atoms with Crippen molar-refractivity contribution in [3.8, 4) is 0 Å². The summed E-state index contributed by atoms with van der Waals surface area (Å²) in [5.74, 6) is 1.13. The van der Waals surface area contributed by atoms with Gasteiger partial charge in [-0.25, -0.2) is 9.97 Å². The van der Waals surface area contributed by atoms with Crippen LogP contribution in [-0.4, -0.2) is 53.3 Å². The Bertz CT molecular complexity index is 1000. The molecule has 0 bridgehead atoms. The van der Waals surface area contributed by atoms with E-state index in [-0.39, 0.29) is 6.10 Å². The highest BCUT2D eigenvalue weighted by atomic mass is 32.1. The van der Waals surface area contributed by atoms with E-state index in [9.17, 15) is 0 Å². The van der Waals surface area contributed by atoms with E-state index < -0.39 is 0 Å². The minimum atomic E-state index is 0.258. The molecule has 1 aromatic carbocycles. The number of nitrogens with zero attached hydrogens (tertiary/aromatic N) is 4. The molecule has 6 rings (SSSR count). The molecule has 6 heteroatoms. The summed E-state index contributed by atoms with van der Waals surface area (Å²) in [4.78, 5) is 17.1. The number of morpholine rings is 1. The van der Waals surface area contributed by atoms with Gasteiger partial charge < -0.3 is 9.64 Å². The molecule has 0 spiro atoms. The molecule has 2 saturated heterocycles. The SMILES string of the molecule is c1ccc(CN2CCOC3CN(c4ncnc5sc6c(c45)CCC6)CC32)cc1. The summed E-state index contributed by atoms with van der Waals surface area (Å²) in [6.45, 7) is 4.71. The second-order valence-electron chi connectivity index (χ2n) is 8.07. The molecule has 2 fully saturated rings. The maximum absolute atomic E-state index is 6.18. The molecule has 3 aromatic rings. The number of hydrogen-bond acceptors (Lipinski definition) is 6. The third-order valence-corrected chi connectivity index (χ3v) is 7.63. The fourth-order valence-electron chi connectivity index (χ4n) is 5.10. The quantitative estimate of drug-likeness (QED) is 0.684. The van der Waals surface area contributed by atoms with E-state index in [2.05, 4.69) is 45.1 Å². The Labute approximate surface area is 169 Å². The van der Waals surface area contributed by atoms with E-state index in [4.69, 9.17) is 9.72 Å². The highest BCUT2D eigenvalue weighted by Crippen LogP contribution is 2.41. The molecule has 4 heterocycles. The minimum Gasteiger partial charge on any atom is -0.373 e. The van der Waals surface area contributed by atoms with Crippen LogP contribution >= 0.6 is 11.3 Å². The lowest BCUT2D eigenvalue weighted by Crippen LogP contribution is -2.50. The number of ether oxygens (including phenoxy) is 1. The lowest BCUT2D eigenvalue weighted by atomic mass is 10.1. The summed E-state index contributed by atoms with van der Waals surface area (Å²) in [6, 6.07) is 11.2. The number of fused-ring (bicyclic) bond motifs is 4. The zero-order valence-corrected chi connectivity index (χ0v) is 16.7. The number of anilines is 1. The van der Waals surface area contributed by atoms with E-state index in [0.29, 0.717) is 6.04 Å². The molecule has 2 atom stereocenters. The van der Waals surface area contributed by atoms with Gasteiger partial charge in [-0.1, -0.05) is 30.3 Å². The number of thiophene rings is 1. The van der Waals surface area contributed by atoms with Crippen molar-refractivity contribution in [2.45, 2.75) is 38.0 Å². The molecule has 2 aliphatic heterocycles. The predicted octanol–water partition coefficient (Wildman–Crippen LogP) is 3.27. The summed E-state index contributed by atoms with van der Waals surface area (Å²) in [7, 11) is 0. The van der Waals surface area contributed by atoms with Gasteiger partial charge in [0.1, 0.15) is 17.0 Å². The lowest BCUT2D eigenvalue weighted by Gasteiger charge is -2.36. The van der Waals surface area contributed by atoms with Gasteiger partial charge in [0.25, 0.3) is 0 Å². The van der Waals surface area contributed by atoms with Crippen LogP contribution in [0.3, 0.4) is 0 Å². The topological polar surface area (TPSA) is 41.5 Å². The molecule has 2 unspecified atom stereocenters. The van der Waals surface area contributed by atoms with Crippen LogP contribution in [0, 0.1) is 0 Å². The third kappa shape index (κ3) is 2.74. The summed E-state index contributed by atoms with van der Waals surface area (Å²) in [5, 5.41) is 1.31. The monoisotopic (exact) mass is 392 g/mol.